The van der Waals surface area contributed by atoms with Crippen LogP contribution in [0, 0.1) is 0 Å². The third-order valence-corrected chi connectivity index (χ3v) is 4.37. The molecule has 0 amide bonds. The zero-order valence-corrected chi connectivity index (χ0v) is 12.5. The van der Waals surface area contributed by atoms with Gasteiger partial charge in [0.05, 0.1) is 18.1 Å². The van der Waals surface area contributed by atoms with Crippen molar-refractivity contribution in [3.8, 4) is 0 Å². The summed E-state index contributed by atoms with van der Waals surface area (Å²) in [6.07, 6.45) is 5.70. The van der Waals surface area contributed by atoms with Gasteiger partial charge in [-0.1, -0.05) is 0 Å². The van der Waals surface area contributed by atoms with Crippen molar-refractivity contribution in [1.29, 1.82) is 0 Å². The number of rotatable bonds is 3. The average Bonchev–Trinajstić information content (AvgIpc) is 3.01. The summed E-state index contributed by atoms with van der Waals surface area (Å²) in [5.41, 5.74) is 1.21. The van der Waals surface area contributed by atoms with Gasteiger partial charge < -0.3 is 9.64 Å². The molecular weight excluding hydrogens is 314 g/mol. The topological polar surface area (TPSA) is 30.3 Å². The van der Waals surface area contributed by atoms with Crippen molar-refractivity contribution in [1.82, 2.24) is 14.7 Å². The predicted octanol–water partition coefficient (Wildman–Crippen LogP) is 3.32. The second-order valence-corrected chi connectivity index (χ2v) is 6.23. The summed E-state index contributed by atoms with van der Waals surface area (Å²) >= 11 is 5.29. The summed E-state index contributed by atoms with van der Waals surface area (Å²) in [4.78, 5) is 2.29. The van der Waals surface area contributed by atoms with Gasteiger partial charge in [-0.25, -0.2) is 4.68 Å². The maximum atomic E-state index is 5.82. The van der Waals surface area contributed by atoms with Crippen molar-refractivity contribution in [2.75, 3.05) is 12.5 Å². The highest BCUT2D eigenvalue weighted by atomic mass is 79.9. The van der Waals surface area contributed by atoms with Crippen molar-refractivity contribution in [3.05, 3.63) is 28.0 Å². The van der Waals surface area contributed by atoms with Crippen molar-refractivity contribution >= 4 is 27.7 Å². The second kappa shape index (κ2) is 5.67. The molecule has 0 bridgehead atoms. The molecule has 0 spiro atoms. The molecule has 2 aliphatic heterocycles. The van der Waals surface area contributed by atoms with E-state index in [-0.39, 0.29) is 6.23 Å². The molecule has 3 rings (SSSR count). The van der Waals surface area contributed by atoms with Crippen LogP contribution in [0.4, 0.5) is 0 Å². The molecule has 18 heavy (non-hydrogen) atoms. The summed E-state index contributed by atoms with van der Waals surface area (Å²) in [6, 6.07) is 2.09. The lowest BCUT2D eigenvalue weighted by molar-refractivity contribution is -0.0418. The SMILES string of the molecule is Brc1cc(CN2C=CSC2)n(C2CCCCO2)n1. The third kappa shape index (κ3) is 2.75. The number of thioether (sulfide) groups is 1. The Hall–Kier alpha value is -0.460. The van der Waals surface area contributed by atoms with Crippen LogP contribution < -0.4 is 0 Å². The summed E-state index contributed by atoms with van der Waals surface area (Å²) in [5, 5.41) is 6.66. The van der Waals surface area contributed by atoms with Gasteiger partial charge in [0.25, 0.3) is 0 Å². The molecular formula is C12H16BrN3OS. The van der Waals surface area contributed by atoms with Crippen LogP contribution in [-0.2, 0) is 11.3 Å². The van der Waals surface area contributed by atoms with E-state index in [4.69, 9.17) is 4.74 Å². The highest BCUT2D eigenvalue weighted by molar-refractivity contribution is 9.10. The number of halogens is 1. The van der Waals surface area contributed by atoms with Crippen LogP contribution in [0.2, 0.25) is 0 Å². The van der Waals surface area contributed by atoms with Crippen LogP contribution in [-0.4, -0.2) is 27.2 Å². The van der Waals surface area contributed by atoms with Gasteiger partial charge in [-0.2, -0.15) is 5.10 Å². The van der Waals surface area contributed by atoms with Crippen LogP contribution in [0.25, 0.3) is 0 Å². The minimum atomic E-state index is 0.110. The average molecular weight is 330 g/mol. The monoisotopic (exact) mass is 329 g/mol. The molecule has 1 unspecified atom stereocenters. The lowest BCUT2D eigenvalue weighted by Gasteiger charge is -2.25. The number of ether oxygens (including phenoxy) is 1. The van der Waals surface area contributed by atoms with Crippen LogP contribution in [0.5, 0.6) is 0 Å². The number of aromatic nitrogens is 2. The van der Waals surface area contributed by atoms with E-state index in [1.54, 1.807) is 0 Å². The van der Waals surface area contributed by atoms with E-state index >= 15 is 0 Å². The molecule has 1 aromatic heterocycles. The normalized spacial score (nSPS) is 23.8. The Morgan fingerprint density at radius 1 is 1.50 bits per heavy atom. The minimum absolute atomic E-state index is 0.110. The van der Waals surface area contributed by atoms with Crippen LogP contribution in [0.3, 0.4) is 0 Å². The predicted molar refractivity (Wildman–Crippen MR) is 75.9 cm³/mol. The molecule has 0 N–H and O–H groups in total. The van der Waals surface area contributed by atoms with E-state index in [2.05, 4.69) is 43.6 Å². The van der Waals surface area contributed by atoms with E-state index < -0.39 is 0 Å². The molecule has 0 aliphatic carbocycles. The second-order valence-electron chi connectivity index (χ2n) is 4.55. The fourth-order valence-electron chi connectivity index (χ4n) is 2.30. The van der Waals surface area contributed by atoms with Gasteiger partial charge in [0, 0.05) is 12.8 Å². The van der Waals surface area contributed by atoms with E-state index in [0.717, 1.165) is 30.1 Å². The minimum Gasteiger partial charge on any atom is -0.362 e. The van der Waals surface area contributed by atoms with E-state index in [0.29, 0.717) is 0 Å². The molecule has 6 heteroatoms. The van der Waals surface area contributed by atoms with Gasteiger partial charge in [0.15, 0.2) is 6.23 Å². The highest BCUT2D eigenvalue weighted by Gasteiger charge is 2.21. The molecule has 3 heterocycles. The molecule has 1 saturated heterocycles. The van der Waals surface area contributed by atoms with Gasteiger partial charge in [-0.05, 0) is 46.7 Å². The van der Waals surface area contributed by atoms with E-state index in [1.807, 2.05) is 16.4 Å². The maximum Gasteiger partial charge on any atom is 0.150 e. The molecule has 0 saturated carbocycles. The zero-order chi connectivity index (χ0) is 12.4. The quantitative estimate of drug-likeness (QED) is 0.851. The summed E-state index contributed by atoms with van der Waals surface area (Å²) in [6.45, 7) is 1.74. The van der Waals surface area contributed by atoms with Crippen molar-refractivity contribution in [3.63, 3.8) is 0 Å². The molecule has 4 nitrogen and oxygen atoms in total. The Morgan fingerprint density at radius 2 is 2.44 bits per heavy atom. The fraction of sp³-hybridized carbons (Fsp3) is 0.583. The summed E-state index contributed by atoms with van der Waals surface area (Å²) < 4.78 is 8.75. The zero-order valence-electron chi connectivity index (χ0n) is 10.1. The summed E-state index contributed by atoms with van der Waals surface area (Å²) in [5.74, 6) is 1.02. The van der Waals surface area contributed by atoms with Gasteiger partial charge in [0.2, 0.25) is 0 Å². The maximum absolute atomic E-state index is 5.82. The first-order valence-corrected chi connectivity index (χ1v) is 8.05. The summed E-state index contributed by atoms with van der Waals surface area (Å²) in [7, 11) is 0. The Labute approximate surface area is 119 Å². The molecule has 0 aromatic carbocycles. The van der Waals surface area contributed by atoms with Gasteiger partial charge >= 0.3 is 0 Å². The van der Waals surface area contributed by atoms with Crippen molar-refractivity contribution in [2.45, 2.75) is 32.0 Å². The number of nitrogens with zero attached hydrogens (tertiary/aromatic N) is 3. The van der Waals surface area contributed by atoms with Crippen LogP contribution in [0.15, 0.2) is 22.3 Å². The highest BCUT2D eigenvalue weighted by Crippen LogP contribution is 2.27. The Balaban J connectivity index is 1.77. The van der Waals surface area contributed by atoms with Crippen molar-refractivity contribution in [2.24, 2.45) is 0 Å². The molecule has 98 valence electrons. The molecule has 1 fully saturated rings. The molecule has 1 atom stereocenters. The van der Waals surface area contributed by atoms with E-state index in [1.165, 1.54) is 18.5 Å². The number of hydrogen-bond acceptors (Lipinski definition) is 4. The van der Waals surface area contributed by atoms with Gasteiger partial charge in [0.1, 0.15) is 4.60 Å². The van der Waals surface area contributed by atoms with Crippen molar-refractivity contribution < 1.29 is 4.74 Å². The first-order valence-electron chi connectivity index (χ1n) is 6.21. The first-order chi connectivity index (χ1) is 8.83. The Kier molecular flexibility index (Phi) is 3.96. The first kappa shape index (κ1) is 12.6. The standard InChI is InChI=1S/C12H16BrN3OS/c13-11-7-10(8-15-4-6-18-9-15)16(14-11)12-3-1-2-5-17-12/h4,6-7,12H,1-3,5,8-9H2. The fourth-order valence-corrected chi connectivity index (χ4v) is 3.45. The Morgan fingerprint density at radius 3 is 3.17 bits per heavy atom. The number of hydrogen-bond donors (Lipinski definition) is 0. The lowest BCUT2D eigenvalue weighted by Crippen LogP contribution is -2.23. The smallest absolute Gasteiger partial charge is 0.150 e. The molecule has 2 aliphatic rings. The van der Waals surface area contributed by atoms with Gasteiger partial charge in [-0.3, -0.25) is 0 Å². The van der Waals surface area contributed by atoms with Gasteiger partial charge in [-0.15, -0.1) is 11.8 Å². The van der Waals surface area contributed by atoms with Crippen LogP contribution in [0.1, 0.15) is 31.2 Å². The largest absolute Gasteiger partial charge is 0.362 e. The third-order valence-electron chi connectivity index (χ3n) is 3.19. The molecule has 1 aromatic rings. The Bertz CT molecular complexity index is 443. The van der Waals surface area contributed by atoms with Crippen LogP contribution >= 0.6 is 27.7 Å². The molecule has 0 radical (unpaired) electrons. The lowest BCUT2D eigenvalue weighted by atomic mass is 10.2. The van der Waals surface area contributed by atoms with E-state index in [9.17, 15) is 0 Å².